The highest BCUT2D eigenvalue weighted by atomic mass is 19.1. The van der Waals surface area contributed by atoms with Crippen molar-refractivity contribution in [1.82, 2.24) is 0 Å². The van der Waals surface area contributed by atoms with Crippen molar-refractivity contribution >= 4 is 12.2 Å². The standard InChI is InChI=1S/C15H12FNO2/c1-3-8-17-10-11(2)4-5-12-9-13(15(18)19)6-7-14(12)16/h3,6-10H,1H2,2H3,(H,18,19)/b11-10+,17-8?. The zero-order valence-electron chi connectivity index (χ0n) is 10.4. The van der Waals surface area contributed by atoms with E-state index in [2.05, 4.69) is 23.4 Å². The first-order valence-corrected chi connectivity index (χ1v) is 5.40. The molecular weight excluding hydrogens is 245 g/mol. The highest BCUT2D eigenvalue weighted by Crippen LogP contribution is 2.09. The van der Waals surface area contributed by atoms with Gasteiger partial charge in [0.05, 0.1) is 11.1 Å². The van der Waals surface area contributed by atoms with Crippen LogP contribution < -0.4 is 0 Å². The minimum absolute atomic E-state index is 0.00277. The van der Waals surface area contributed by atoms with Gasteiger partial charge in [-0.3, -0.25) is 4.99 Å². The van der Waals surface area contributed by atoms with Crippen molar-refractivity contribution < 1.29 is 14.3 Å². The summed E-state index contributed by atoms with van der Waals surface area (Å²) < 4.78 is 13.4. The number of aromatic carboxylic acids is 1. The van der Waals surface area contributed by atoms with Crippen molar-refractivity contribution in [3.63, 3.8) is 0 Å². The molecule has 96 valence electrons. The second-order valence-electron chi connectivity index (χ2n) is 3.60. The van der Waals surface area contributed by atoms with Crippen LogP contribution in [0.1, 0.15) is 22.8 Å². The zero-order chi connectivity index (χ0) is 14.3. The molecule has 1 N–H and O–H groups in total. The summed E-state index contributed by atoms with van der Waals surface area (Å²) in [7, 11) is 0. The van der Waals surface area contributed by atoms with Gasteiger partial charge in [-0.1, -0.05) is 24.5 Å². The number of carboxylic acids is 1. The van der Waals surface area contributed by atoms with E-state index >= 15 is 0 Å². The van der Waals surface area contributed by atoms with E-state index in [4.69, 9.17) is 5.11 Å². The third kappa shape index (κ3) is 4.60. The summed E-state index contributed by atoms with van der Waals surface area (Å²) >= 11 is 0. The molecule has 0 atom stereocenters. The van der Waals surface area contributed by atoms with Gasteiger partial charge in [0.15, 0.2) is 0 Å². The minimum Gasteiger partial charge on any atom is -0.478 e. The molecule has 1 aromatic carbocycles. The molecule has 3 nitrogen and oxygen atoms in total. The molecule has 0 aliphatic heterocycles. The summed E-state index contributed by atoms with van der Waals surface area (Å²) in [6.07, 6.45) is 4.53. The number of carboxylic acid groups (broad SMARTS) is 1. The number of aliphatic imine (C=N–C) groups is 1. The Morgan fingerprint density at radius 2 is 2.26 bits per heavy atom. The van der Waals surface area contributed by atoms with Crippen LogP contribution in [-0.2, 0) is 0 Å². The minimum atomic E-state index is -1.12. The van der Waals surface area contributed by atoms with Gasteiger partial charge in [0, 0.05) is 18.0 Å². The van der Waals surface area contributed by atoms with Gasteiger partial charge in [0.1, 0.15) is 5.82 Å². The van der Waals surface area contributed by atoms with E-state index in [1.807, 2.05) is 0 Å². The molecule has 1 rings (SSSR count). The number of allylic oxidation sites excluding steroid dienone is 2. The number of carbonyl (C=O) groups is 1. The van der Waals surface area contributed by atoms with E-state index in [0.717, 1.165) is 6.07 Å². The van der Waals surface area contributed by atoms with Crippen LogP contribution in [0.5, 0.6) is 0 Å². The summed E-state index contributed by atoms with van der Waals surface area (Å²) in [4.78, 5) is 14.6. The van der Waals surface area contributed by atoms with E-state index in [0.29, 0.717) is 5.57 Å². The van der Waals surface area contributed by atoms with E-state index in [9.17, 15) is 9.18 Å². The monoisotopic (exact) mass is 257 g/mol. The predicted octanol–water partition coefficient (Wildman–Crippen LogP) is 3.04. The quantitative estimate of drug-likeness (QED) is 0.668. The first-order valence-electron chi connectivity index (χ1n) is 5.40. The van der Waals surface area contributed by atoms with Crippen LogP contribution >= 0.6 is 0 Å². The smallest absolute Gasteiger partial charge is 0.335 e. The Kier molecular flexibility index (Phi) is 5.24. The lowest BCUT2D eigenvalue weighted by molar-refractivity contribution is 0.0697. The number of halogens is 1. The Hall–Kier alpha value is -2.67. The molecule has 0 unspecified atom stereocenters. The highest BCUT2D eigenvalue weighted by molar-refractivity contribution is 5.88. The molecule has 0 bridgehead atoms. The lowest BCUT2D eigenvalue weighted by atomic mass is 10.1. The molecule has 0 aromatic heterocycles. The molecule has 19 heavy (non-hydrogen) atoms. The van der Waals surface area contributed by atoms with Crippen molar-refractivity contribution in [2.75, 3.05) is 0 Å². The fourth-order valence-electron chi connectivity index (χ4n) is 1.17. The van der Waals surface area contributed by atoms with Gasteiger partial charge in [-0.25, -0.2) is 9.18 Å². The van der Waals surface area contributed by atoms with Crippen molar-refractivity contribution in [3.05, 3.63) is 59.6 Å². The Labute approximate surface area is 110 Å². The van der Waals surface area contributed by atoms with Crippen LogP contribution in [-0.4, -0.2) is 17.3 Å². The van der Waals surface area contributed by atoms with Crippen LogP contribution in [0.15, 0.2) is 47.6 Å². The molecule has 0 amide bonds. The van der Waals surface area contributed by atoms with Crippen molar-refractivity contribution in [2.24, 2.45) is 4.99 Å². The second kappa shape index (κ2) is 6.92. The molecule has 1 aromatic rings. The van der Waals surface area contributed by atoms with Crippen molar-refractivity contribution in [3.8, 4) is 11.8 Å². The van der Waals surface area contributed by atoms with E-state index in [1.165, 1.54) is 30.6 Å². The van der Waals surface area contributed by atoms with Gasteiger partial charge in [0.25, 0.3) is 0 Å². The highest BCUT2D eigenvalue weighted by Gasteiger charge is 2.06. The lowest BCUT2D eigenvalue weighted by Gasteiger charge is -1.97. The summed E-state index contributed by atoms with van der Waals surface area (Å²) in [5.74, 6) is 3.60. The number of hydrogen-bond donors (Lipinski definition) is 1. The third-order valence-electron chi connectivity index (χ3n) is 2.07. The molecule has 0 aliphatic rings. The van der Waals surface area contributed by atoms with Crippen LogP contribution in [0.3, 0.4) is 0 Å². The van der Waals surface area contributed by atoms with Crippen molar-refractivity contribution in [1.29, 1.82) is 0 Å². The third-order valence-corrected chi connectivity index (χ3v) is 2.07. The Morgan fingerprint density at radius 3 is 2.89 bits per heavy atom. The fourth-order valence-corrected chi connectivity index (χ4v) is 1.17. The predicted molar refractivity (Wildman–Crippen MR) is 72.7 cm³/mol. The average Bonchev–Trinajstić information content (AvgIpc) is 2.37. The summed E-state index contributed by atoms with van der Waals surface area (Å²) in [5, 5.41) is 8.81. The van der Waals surface area contributed by atoms with Crippen LogP contribution in [0.2, 0.25) is 0 Å². The van der Waals surface area contributed by atoms with E-state index in [1.54, 1.807) is 6.92 Å². The molecule has 0 fully saturated rings. The summed E-state index contributed by atoms with van der Waals surface area (Å²) in [6.45, 7) is 5.18. The summed E-state index contributed by atoms with van der Waals surface area (Å²) in [5.41, 5.74) is 0.663. The molecule has 0 radical (unpaired) electrons. The maximum absolute atomic E-state index is 13.4. The number of hydrogen-bond acceptors (Lipinski definition) is 2. The fraction of sp³-hybridized carbons (Fsp3) is 0.0667. The molecule has 0 spiro atoms. The van der Waals surface area contributed by atoms with Gasteiger partial charge < -0.3 is 5.11 Å². The zero-order valence-corrected chi connectivity index (χ0v) is 10.4. The SMILES string of the molecule is C=CC=N/C=C(\C)C#Cc1cc(C(=O)O)ccc1F. The molecular formula is C15H12FNO2. The number of nitrogens with zero attached hydrogens (tertiary/aromatic N) is 1. The van der Waals surface area contributed by atoms with Crippen LogP contribution in [0.4, 0.5) is 4.39 Å². The topological polar surface area (TPSA) is 49.7 Å². The Balaban J connectivity index is 3.03. The van der Waals surface area contributed by atoms with Gasteiger partial charge in [-0.05, 0) is 25.1 Å². The maximum Gasteiger partial charge on any atom is 0.335 e. The number of benzene rings is 1. The van der Waals surface area contributed by atoms with E-state index < -0.39 is 11.8 Å². The van der Waals surface area contributed by atoms with E-state index in [-0.39, 0.29) is 11.1 Å². The van der Waals surface area contributed by atoms with Gasteiger partial charge in [-0.15, -0.1) is 0 Å². The Bertz CT molecular complexity index is 619. The van der Waals surface area contributed by atoms with Gasteiger partial charge >= 0.3 is 5.97 Å². The summed E-state index contributed by atoms with van der Waals surface area (Å²) in [6, 6.07) is 3.48. The molecule has 0 aliphatic carbocycles. The van der Waals surface area contributed by atoms with Gasteiger partial charge in [0.2, 0.25) is 0 Å². The first kappa shape index (κ1) is 14.4. The molecule has 0 heterocycles. The molecule has 0 saturated heterocycles. The second-order valence-corrected chi connectivity index (χ2v) is 3.60. The Morgan fingerprint density at radius 1 is 1.53 bits per heavy atom. The van der Waals surface area contributed by atoms with Crippen LogP contribution in [0, 0.1) is 17.7 Å². The largest absolute Gasteiger partial charge is 0.478 e. The molecule has 0 saturated carbocycles. The molecule has 4 heteroatoms. The lowest BCUT2D eigenvalue weighted by Crippen LogP contribution is -1.97. The first-order chi connectivity index (χ1) is 9.04. The normalized spacial score (nSPS) is 10.9. The van der Waals surface area contributed by atoms with Gasteiger partial charge in [-0.2, -0.15) is 0 Å². The van der Waals surface area contributed by atoms with Crippen LogP contribution in [0.25, 0.3) is 0 Å². The number of rotatable bonds is 3. The average molecular weight is 257 g/mol. The maximum atomic E-state index is 13.4. The van der Waals surface area contributed by atoms with Crippen molar-refractivity contribution in [2.45, 2.75) is 6.92 Å².